The second kappa shape index (κ2) is 7.34. The highest BCUT2D eigenvalue weighted by molar-refractivity contribution is 7.79. The Hall–Kier alpha value is -1.28. The molecular formula is C17H21OS+. The van der Waals surface area contributed by atoms with Gasteiger partial charge in [-0.05, 0) is 41.4 Å². The second-order valence-electron chi connectivity index (χ2n) is 4.80. The van der Waals surface area contributed by atoms with E-state index in [2.05, 4.69) is 19.1 Å². The van der Waals surface area contributed by atoms with Crippen LogP contribution in [0.25, 0.3) is 10.8 Å². The molecule has 0 aliphatic heterocycles. The van der Waals surface area contributed by atoms with E-state index in [-0.39, 0.29) is 5.78 Å². The molecule has 0 radical (unpaired) electrons. The molecule has 0 unspecified atom stereocenters. The zero-order valence-electron chi connectivity index (χ0n) is 11.4. The van der Waals surface area contributed by atoms with Crippen molar-refractivity contribution in [1.82, 2.24) is 0 Å². The van der Waals surface area contributed by atoms with Crippen molar-refractivity contribution in [1.29, 1.82) is 0 Å². The highest BCUT2D eigenvalue weighted by Gasteiger charge is 2.10. The first-order valence-corrected chi connectivity index (χ1v) is 8.23. The highest BCUT2D eigenvalue weighted by Crippen LogP contribution is 2.16. The smallest absolute Gasteiger partial charge is 0.211 e. The number of hydrogen-bond acceptors (Lipinski definition) is 1. The molecule has 0 aromatic heterocycles. The summed E-state index contributed by atoms with van der Waals surface area (Å²) in [7, 11) is 0. The number of carbonyl (C=O) groups is 1. The van der Waals surface area contributed by atoms with E-state index in [4.69, 9.17) is 0 Å². The van der Waals surface area contributed by atoms with Crippen LogP contribution in [0.3, 0.4) is 0 Å². The van der Waals surface area contributed by atoms with Crippen molar-refractivity contribution in [3.8, 4) is 0 Å². The van der Waals surface area contributed by atoms with Gasteiger partial charge in [-0.2, -0.15) is 0 Å². The number of rotatable bonds is 7. The summed E-state index contributed by atoms with van der Waals surface area (Å²) in [5.41, 5.74) is 0.849. The van der Waals surface area contributed by atoms with Crippen LogP contribution in [0.4, 0.5) is 0 Å². The molecule has 0 aliphatic rings. The summed E-state index contributed by atoms with van der Waals surface area (Å²) in [6, 6.07) is 14.2. The molecule has 0 aliphatic carbocycles. The monoisotopic (exact) mass is 273 g/mol. The van der Waals surface area contributed by atoms with Gasteiger partial charge in [0.1, 0.15) is 5.75 Å². The molecule has 100 valence electrons. The summed E-state index contributed by atoms with van der Waals surface area (Å²) in [5.74, 6) is 2.07. The van der Waals surface area contributed by atoms with Crippen LogP contribution >= 0.6 is 0 Å². The number of benzene rings is 2. The summed E-state index contributed by atoms with van der Waals surface area (Å²) < 4.78 is 0. The van der Waals surface area contributed by atoms with Gasteiger partial charge in [0.05, 0.1) is 0 Å². The van der Waals surface area contributed by atoms with Crippen LogP contribution in [-0.2, 0) is 11.8 Å². The average molecular weight is 273 g/mol. The molecular weight excluding hydrogens is 252 g/mol. The lowest BCUT2D eigenvalue weighted by molar-refractivity contribution is 0.102. The largest absolute Gasteiger partial charge is 0.289 e. The van der Waals surface area contributed by atoms with Gasteiger partial charge in [-0.1, -0.05) is 49.7 Å². The molecule has 19 heavy (non-hydrogen) atoms. The summed E-state index contributed by atoms with van der Waals surface area (Å²) in [6.45, 7) is 2.21. The fraction of sp³-hybridized carbons (Fsp3) is 0.353. The fourth-order valence-electron chi connectivity index (χ4n) is 2.11. The molecule has 0 fully saturated rings. The Kier molecular flexibility index (Phi) is 5.46. The van der Waals surface area contributed by atoms with Crippen LogP contribution in [0.15, 0.2) is 42.5 Å². The van der Waals surface area contributed by atoms with E-state index in [1.54, 1.807) is 0 Å². The maximum Gasteiger partial charge on any atom is 0.211 e. The molecule has 0 spiro atoms. The van der Waals surface area contributed by atoms with Gasteiger partial charge in [0.2, 0.25) is 5.78 Å². The van der Waals surface area contributed by atoms with Crippen molar-refractivity contribution in [2.45, 2.75) is 26.2 Å². The maximum atomic E-state index is 12.1. The van der Waals surface area contributed by atoms with Crippen LogP contribution in [-0.4, -0.2) is 17.3 Å². The molecule has 1 nitrogen and oxygen atoms in total. The molecule has 2 aromatic rings. The van der Waals surface area contributed by atoms with Crippen LogP contribution in [0.2, 0.25) is 0 Å². The number of fused-ring (bicyclic) bond motifs is 1. The normalized spacial score (nSPS) is 10.8. The average Bonchev–Trinajstić information content (AvgIpc) is 2.46. The summed E-state index contributed by atoms with van der Waals surface area (Å²) >= 11 is 1.26. The third kappa shape index (κ3) is 4.10. The first-order chi connectivity index (χ1) is 9.31. The predicted molar refractivity (Wildman–Crippen MR) is 86.3 cm³/mol. The van der Waals surface area contributed by atoms with E-state index in [0.29, 0.717) is 5.75 Å². The zero-order chi connectivity index (χ0) is 13.5. The molecule has 0 atom stereocenters. The van der Waals surface area contributed by atoms with Gasteiger partial charge in [-0.25, -0.2) is 0 Å². The maximum absolute atomic E-state index is 12.1. The minimum Gasteiger partial charge on any atom is -0.289 e. The number of ketones is 1. The van der Waals surface area contributed by atoms with Crippen LogP contribution in [0.1, 0.15) is 36.5 Å². The molecule has 2 aromatic carbocycles. The van der Waals surface area contributed by atoms with E-state index in [9.17, 15) is 4.79 Å². The highest BCUT2D eigenvalue weighted by atomic mass is 32.2. The molecule has 0 N–H and O–H groups in total. The number of thiol groups is 1. The van der Waals surface area contributed by atoms with Crippen LogP contribution in [0.5, 0.6) is 0 Å². The Balaban J connectivity index is 1.93. The topological polar surface area (TPSA) is 17.1 Å². The van der Waals surface area contributed by atoms with Gasteiger partial charge < -0.3 is 0 Å². The summed E-state index contributed by atoms with van der Waals surface area (Å²) in [6.07, 6.45) is 3.76. The van der Waals surface area contributed by atoms with E-state index >= 15 is 0 Å². The summed E-state index contributed by atoms with van der Waals surface area (Å²) in [4.78, 5) is 12.1. The molecule has 0 heterocycles. The third-order valence-corrected chi connectivity index (χ3v) is 4.39. The number of Topliss-reactive ketones (excluding diaryl/α,β-unsaturated/α-hetero) is 1. The van der Waals surface area contributed by atoms with Gasteiger partial charge in [0.15, 0.2) is 5.75 Å². The number of unbranched alkanes of at least 4 members (excludes halogenated alkanes) is 2. The van der Waals surface area contributed by atoms with E-state index < -0.39 is 0 Å². The van der Waals surface area contributed by atoms with Gasteiger partial charge in [0, 0.05) is 5.56 Å². The molecule has 0 amide bonds. The minimum absolute atomic E-state index is 0.268. The Bertz CT molecular complexity index is 548. The lowest BCUT2D eigenvalue weighted by Crippen LogP contribution is -2.08. The van der Waals surface area contributed by atoms with Gasteiger partial charge in [0.25, 0.3) is 0 Å². The Morgan fingerprint density at radius 2 is 1.84 bits per heavy atom. The van der Waals surface area contributed by atoms with Crippen molar-refractivity contribution in [3.63, 3.8) is 0 Å². The van der Waals surface area contributed by atoms with Crippen molar-refractivity contribution in [2.24, 2.45) is 0 Å². The second-order valence-corrected chi connectivity index (χ2v) is 6.01. The van der Waals surface area contributed by atoms with Gasteiger partial charge in [-0.3, -0.25) is 4.79 Å². The molecule has 2 rings (SSSR count). The summed E-state index contributed by atoms with van der Waals surface area (Å²) in [5, 5.41) is 2.34. The quantitative estimate of drug-likeness (QED) is 0.322. The predicted octanol–water partition coefficient (Wildman–Crippen LogP) is 4.03. The Morgan fingerprint density at radius 1 is 1.05 bits per heavy atom. The lowest BCUT2D eigenvalue weighted by atomic mass is 10.1. The van der Waals surface area contributed by atoms with E-state index in [1.165, 1.54) is 36.4 Å². The third-order valence-electron chi connectivity index (χ3n) is 3.25. The molecule has 0 bridgehead atoms. The first kappa shape index (κ1) is 14.1. The van der Waals surface area contributed by atoms with Gasteiger partial charge >= 0.3 is 0 Å². The van der Waals surface area contributed by atoms with Crippen molar-refractivity contribution in [2.75, 3.05) is 11.5 Å². The number of carbonyl (C=O) groups excluding carboxylic acids is 1. The molecule has 0 saturated heterocycles. The molecule has 0 saturated carbocycles. The van der Waals surface area contributed by atoms with E-state index in [1.807, 2.05) is 30.3 Å². The lowest BCUT2D eigenvalue weighted by Gasteiger charge is -2.01. The minimum atomic E-state index is 0.268. The number of hydrogen-bond donors (Lipinski definition) is 0. The Morgan fingerprint density at radius 3 is 2.63 bits per heavy atom. The van der Waals surface area contributed by atoms with Crippen molar-refractivity contribution >= 4 is 28.3 Å². The SMILES string of the molecule is CCCCC[SH+]CC(=O)c1ccc2ccccc2c1. The van der Waals surface area contributed by atoms with Crippen LogP contribution < -0.4 is 0 Å². The zero-order valence-corrected chi connectivity index (χ0v) is 12.3. The Labute approximate surface area is 119 Å². The van der Waals surface area contributed by atoms with Crippen LogP contribution in [0, 0.1) is 0 Å². The fourth-order valence-corrected chi connectivity index (χ4v) is 3.10. The van der Waals surface area contributed by atoms with Gasteiger partial charge in [-0.15, -0.1) is 0 Å². The van der Waals surface area contributed by atoms with Crippen molar-refractivity contribution in [3.05, 3.63) is 48.0 Å². The van der Waals surface area contributed by atoms with E-state index in [0.717, 1.165) is 16.7 Å². The molecule has 2 heteroatoms. The van der Waals surface area contributed by atoms with Crippen molar-refractivity contribution < 1.29 is 4.79 Å². The standard InChI is InChI=1S/C17H20OS/c1-2-3-6-11-19-13-17(18)16-10-9-14-7-4-5-8-15(14)12-16/h4-5,7-10,12H,2-3,6,11,13H2,1H3/p+1. The first-order valence-electron chi connectivity index (χ1n) is 6.96.